The maximum absolute atomic E-state index is 5.95. The number of hydrogen-bond donors (Lipinski definition) is 2. The largest absolute Gasteiger partial charge is 0.379 e. The van der Waals surface area contributed by atoms with Crippen LogP contribution in [0.1, 0.15) is 25.0 Å². The Morgan fingerprint density at radius 3 is 2.53 bits per heavy atom. The average molecular weight is 418 g/mol. The van der Waals surface area contributed by atoms with Crippen molar-refractivity contribution in [3.05, 3.63) is 35.4 Å². The van der Waals surface area contributed by atoms with E-state index in [1.807, 2.05) is 7.05 Å². The monoisotopic (exact) mass is 417 g/mol. The standard InChI is InChI=1S/C23H39N5O2/c1-19(2)16-28-10-13-30-22(18-28)15-26-23(24-3)25-14-20-6-4-5-7-21(20)17-27-8-11-29-12-9-27/h4-7,19,22H,8-18H2,1-3H3,(H2,24,25,26). The molecule has 168 valence electrons. The highest BCUT2D eigenvalue weighted by Gasteiger charge is 2.21. The average Bonchev–Trinajstić information content (AvgIpc) is 2.75. The summed E-state index contributed by atoms with van der Waals surface area (Å²) in [6.07, 6.45) is 0.199. The van der Waals surface area contributed by atoms with Gasteiger partial charge in [-0.05, 0) is 17.0 Å². The van der Waals surface area contributed by atoms with Crippen LogP contribution in [0.5, 0.6) is 0 Å². The number of nitrogens with one attached hydrogen (secondary N) is 2. The summed E-state index contributed by atoms with van der Waals surface area (Å²) in [6, 6.07) is 8.65. The number of ether oxygens (including phenoxy) is 2. The van der Waals surface area contributed by atoms with Gasteiger partial charge >= 0.3 is 0 Å². The van der Waals surface area contributed by atoms with E-state index >= 15 is 0 Å². The zero-order valence-corrected chi connectivity index (χ0v) is 18.9. The van der Waals surface area contributed by atoms with E-state index in [0.29, 0.717) is 5.92 Å². The first kappa shape index (κ1) is 23.0. The van der Waals surface area contributed by atoms with Crippen molar-refractivity contribution in [3.8, 4) is 0 Å². The van der Waals surface area contributed by atoms with Gasteiger partial charge in [-0.1, -0.05) is 38.1 Å². The molecule has 1 aromatic rings. The third-order valence-corrected chi connectivity index (χ3v) is 5.63. The van der Waals surface area contributed by atoms with E-state index in [2.05, 4.69) is 63.5 Å². The molecule has 0 radical (unpaired) electrons. The fraction of sp³-hybridized carbons (Fsp3) is 0.696. The summed E-state index contributed by atoms with van der Waals surface area (Å²) < 4.78 is 11.4. The van der Waals surface area contributed by atoms with E-state index in [0.717, 1.165) is 78.1 Å². The highest BCUT2D eigenvalue weighted by atomic mass is 16.5. The third-order valence-electron chi connectivity index (χ3n) is 5.63. The second kappa shape index (κ2) is 12.2. The van der Waals surface area contributed by atoms with Gasteiger partial charge in [0.25, 0.3) is 0 Å². The molecule has 2 fully saturated rings. The second-order valence-electron chi connectivity index (χ2n) is 8.61. The molecular weight excluding hydrogens is 378 g/mol. The highest BCUT2D eigenvalue weighted by Crippen LogP contribution is 2.13. The highest BCUT2D eigenvalue weighted by molar-refractivity contribution is 5.79. The Bertz CT molecular complexity index is 661. The van der Waals surface area contributed by atoms with Crippen molar-refractivity contribution in [1.29, 1.82) is 0 Å². The van der Waals surface area contributed by atoms with E-state index in [4.69, 9.17) is 9.47 Å². The van der Waals surface area contributed by atoms with Crippen molar-refractivity contribution in [1.82, 2.24) is 20.4 Å². The van der Waals surface area contributed by atoms with Crippen LogP contribution in [0.4, 0.5) is 0 Å². The Labute approximate surface area is 181 Å². The van der Waals surface area contributed by atoms with Gasteiger partial charge in [-0.25, -0.2) is 0 Å². The Kier molecular flexibility index (Phi) is 9.39. The van der Waals surface area contributed by atoms with E-state index in [-0.39, 0.29) is 6.10 Å². The van der Waals surface area contributed by atoms with E-state index in [9.17, 15) is 0 Å². The molecule has 0 amide bonds. The molecule has 30 heavy (non-hydrogen) atoms. The van der Waals surface area contributed by atoms with Crippen LogP contribution in [-0.4, -0.2) is 88.0 Å². The molecule has 2 aliphatic rings. The van der Waals surface area contributed by atoms with Crippen LogP contribution < -0.4 is 10.6 Å². The van der Waals surface area contributed by atoms with Gasteiger partial charge in [-0.15, -0.1) is 0 Å². The lowest BCUT2D eigenvalue weighted by Gasteiger charge is -2.34. The molecule has 2 heterocycles. The molecule has 2 aliphatic heterocycles. The number of benzene rings is 1. The van der Waals surface area contributed by atoms with Crippen molar-refractivity contribution in [2.45, 2.75) is 33.0 Å². The Hall–Kier alpha value is -1.67. The summed E-state index contributed by atoms with van der Waals surface area (Å²) in [5, 5.41) is 6.92. The number of hydrogen-bond acceptors (Lipinski definition) is 5. The van der Waals surface area contributed by atoms with E-state index in [1.54, 1.807) is 0 Å². The maximum atomic E-state index is 5.95. The smallest absolute Gasteiger partial charge is 0.191 e. The summed E-state index contributed by atoms with van der Waals surface area (Å²) >= 11 is 0. The first-order chi connectivity index (χ1) is 14.6. The quantitative estimate of drug-likeness (QED) is 0.494. The fourth-order valence-electron chi connectivity index (χ4n) is 4.08. The summed E-state index contributed by atoms with van der Waals surface area (Å²) in [4.78, 5) is 9.35. The zero-order valence-electron chi connectivity index (χ0n) is 18.9. The summed E-state index contributed by atoms with van der Waals surface area (Å²) in [5.74, 6) is 1.50. The molecule has 3 rings (SSSR count). The van der Waals surface area contributed by atoms with Gasteiger partial charge in [0.05, 0.1) is 25.9 Å². The lowest BCUT2D eigenvalue weighted by Crippen LogP contribution is -2.50. The summed E-state index contributed by atoms with van der Waals surface area (Å²) in [5.41, 5.74) is 2.67. The van der Waals surface area contributed by atoms with Crippen LogP contribution in [0.2, 0.25) is 0 Å². The van der Waals surface area contributed by atoms with Crippen LogP contribution in [-0.2, 0) is 22.6 Å². The van der Waals surface area contributed by atoms with Crippen molar-refractivity contribution in [2.24, 2.45) is 10.9 Å². The van der Waals surface area contributed by atoms with Crippen LogP contribution in [0.3, 0.4) is 0 Å². The minimum Gasteiger partial charge on any atom is -0.379 e. The topological polar surface area (TPSA) is 61.4 Å². The van der Waals surface area contributed by atoms with Crippen LogP contribution in [0.25, 0.3) is 0 Å². The molecule has 0 saturated carbocycles. The maximum Gasteiger partial charge on any atom is 0.191 e. The van der Waals surface area contributed by atoms with E-state index < -0.39 is 0 Å². The number of morpholine rings is 2. The number of aliphatic imine (C=N–C) groups is 1. The molecule has 0 aromatic heterocycles. The minimum absolute atomic E-state index is 0.199. The third kappa shape index (κ3) is 7.54. The molecule has 1 atom stereocenters. The van der Waals surface area contributed by atoms with Crippen LogP contribution in [0.15, 0.2) is 29.3 Å². The van der Waals surface area contributed by atoms with Crippen LogP contribution >= 0.6 is 0 Å². The van der Waals surface area contributed by atoms with Crippen molar-refractivity contribution in [3.63, 3.8) is 0 Å². The number of rotatable bonds is 8. The zero-order chi connectivity index (χ0) is 21.2. The Morgan fingerprint density at radius 1 is 1.07 bits per heavy atom. The van der Waals surface area contributed by atoms with Crippen molar-refractivity contribution >= 4 is 5.96 Å². The molecule has 1 aromatic carbocycles. The summed E-state index contributed by atoms with van der Waals surface area (Å²) in [7, 11) is 1.82. The lowest BCUT2D eigenvalue weighted by atomic mass is 10.1. The molecule has 1 unspecified atom stereocenters. The molecule has 0 bridgehead atoms. The second-order valence-corrected chi connectivity index (χ2v) is 8.61. The normalized spacial score (nSPS) is 21.7. The first-order valence-corrected chi connectivity index (χ1v) is 11.3. The molecule has 2 N–H and O–H groups in total. The van der Waals surface area contributed by atoms with Crippen molar-refractivity contribution in [2.75, 3.05) is 66.1 Å². The molecule has 0 spiro atoms. The number of guanidine groups is 1. The molecule has 7 heteroatoms. The fourth-order valence-corrected chi connectivity index (χ4v) is 4.08. The SMILES string of the molecule is CN=C(NCc1ccccc1CN1CCOCC1)NCC1CN(CC(C)C)CCO1. The van der Waals surface area contributed by atoms with Gasteiger partial charge in [0, 0.05) is 59.4 Å². The first-order valence-electron chi connectivity index (χ1n) is 11.3. The lowest BCUT2D eigenvalue weighted by molar-refractivity contribution is -0.0284. The minimum atomic E-state index is 0.199. The van der Waals surface area contributed by atoms with Gasteiger partial charge < -0.3 is 20.1 Å². The van der Waals surface area contributed by atoms with Crippen LogP contribution in [0, 0.1) is 5.92 Å². The van der Waals surface area contributed by atoms with Crippen molar-refractivity contribution < 1.29 is 9.47 Å². The van der Waals surface area contributed by atoms with Gasteiger partial charge in [-0.3, -0.25) is 14.8 Å². The molecule has 2 saturated heterocycles. The predicted octanol–water partition coefficient (Wildman–Crippen LogP) is 1.54. The summed E-state index contributed by atoms with van der Waals surface area (Å²) in [6.45, 7) is 14.6. The molecule has 0 aliphatic carbocycles. The molecular formula is C23H39N5O2. The molecule has 7 nitrogen and oxygen atoms in total. The van der Waals surface area contributed by atoms with Gasteiger partial charge in [0.15, 0.2) is 5.96 Å². The predicted molar refractivity (Wildman–Crippen MR) is 122 cm³/mol. The van der Waals surface area contributed by atoms with Gasteiger partial charge in [0.1, 0.15) is 0 Å². The van der Waals surface area contributed by atoms with Gasteiger partial charge in [0.2, 0.25) is 0 Å². The van der Waals surface area contributed by atoms with Gasteiger partial charge in [-0.2, -0.15) is 0 Å². The number of nitrogens with zero attached hydrogens (tertiary/aromatic N) is 3. The van der Waals surface area contributed by atoms with E-state index in [1.165, 1.54) is 11.1 Å². The Balaban J connectivity index is 1.46. The Morgan fingerprint density at radius 2 is 1.80 bits per heavy atom.